The molecule has 0 aliphatic rings. The van der Waals surface area contributed by atoms with Crippen molar-refractivity contribution < 1.29 is 32.2 Å². The summed E-state index contributed by atoms with van der Waals surface area (Å²) in [6, 6.07) is 11.1. The largest absolute Gasteiger partial charge is 0.497 e. The van der Waals surface area contributed by atoms with Crippen molar-refractivity contribution >= 4 is 29.3 Å². The van der Waals surface area contributed by atoms with Gasteiger partial charge in [0.15, 0.2) is 6.10 Å². The molecule has 2 rings (SSSR count). The molecule has 0 saturated carbocycles. The van der Waals surface area contributed by atoms with Gasteiger partial charge in [0.05, 0.1) is 18.4 Å². The average Bonchev–Trinajstić information content (AvgIpc) is 2.66. The lowest BCUT2D eigenvalue weighted by Crippen LogP contribution is -2.30. The van der Waals surface area contributed by atoms with E-state index in [4.69, 9.17) is 9.47 Å². The number of carbonyl (C=O) groups is 2. The lowest BCUT2D eigenvalue weighted by atomic mass is 10.2. The molecule has 0 spiro atoms. The lowest BCUT2D eigenvalue weighted by Gasteiger charge is -2.14. The third-order valence-electron chi connectivity index (χ3n) is 3.57. The molecule has 1 amide bonds. The number of nitrogens with one attached hydrogen (secondary N) is 1. The highest BCUT2D eigenvalue weighted by Gasteiger charge is 2.30. The Bertz CT molecular complexity index is 807. The first-order valence-electron chi connectivity index (χ1n) is 8.13. The number of esters is 1. The Kier molecular flexibility index (Phi) is 7.33. The second-order valence-corrected chi connectivity index (χ2v) is 6.71. The van der Waals surface area contributed by atoms with Crippen molar-refractivity contribution in [3.63, 3.8) is 0 Å². The summed E-state index contributed by atoms with van der Waals surface area (Å²) in [5.41, 5.74) is -0.644. The quantitative estimate of drug-likeness (QED) is 0.539. The molecule has 0 heterocycles. The maximum Gasteiger partial charge on any atom is 0.416 e. The van der Waals surface area contributed by atoms with E-state index in [1.54, 1.807) is 31.4 Å². The van der Waals surface area contributed by atoms with Gasteiger partial charge in [-0.05, 0) is 55.5 Å². The van der Waals surface area contributed by atoms with Crippen LogP contribution < -0.4 is 10.1 Å². The summed E-state index contributed by atoms with van der Waals surface area (Å²) in [6.07, 6.45) is -5.54. The van der Waals surface area contributed by atoms with Gasteiger partial charge in [-0.1, -0.05) is 0 Å². The van der Waals surface area contributed by atoms with E-state index in [0.717, 1.165) is 29.2 Å². The van der Waals surface area contributed by atoms with Crippen molar-refractivity contribution in [3.05, 3.63) is 54.1 Å². The molecular weight excluding hydrogens is 395 g/mol. The van der Waals surface area contributed by atoms with Gasteiger partial charge in [-0.25, -0.2) is 0 Å². The summed E-state index contributed by atoms with van der Waals surface area (Å²) >= 11 is 1.24. The molecule has 2 aromatic rings. The Morgan fingerprint density at radius 2 is 1.68 bits per heavy atom. The van der Waals surface area contributed by atoms with Crippen LogP contribution in [0.5, 0.6) is 5.75 Å². The first-order valence-corrected chi connectivity index (χ1v) is 9.12. The normalized spacial score (nSPS) is 12.2. The van der Waals surface area contributed by atoms with Crippen LogP contribution in [0.25, 0.3) is 0 Å². The van der Waals surface area contributed by atoms with Crippen LogP contribution >= 0.6 is 11.8 Å². The Morgan fingerprint density at radius 3 is 2.21 bits per heavy atom. The number of hydrogen-bond acceptors (Lipinski definition) is 5. The summed E-state index contributed by atoms with van der Waals surface area (Å²) in [5, 5.41) is 2.41. The predicted octanol–water partition coefficient (Wildman–Crippen LogP) is 4.38. The van der Waals surface area contributed by atoms with Gasteiger partial charge < -0.3 is 14.8 Å². The minimum absolute atomic E-state index is 0.00419. The molecule has 0 aliphatic carbocycles. The van der Waals surface area contributed by atoms with Crippen molar-refractivity contribution in [1.29, 1.82) is 0 Å². The molecule has 0 aliphatic heterocycles. The molecule has 5 nitrogen and oxygen atoms in total. The number of hydrogen-bond donors (Lipinski definition) is 1. The standard InChI is InChI=1S/C19H18F3NO4S/c1-12(18(25)23-14-5-3-13(4-6-14)19(20,21)22)27-17(24)11-28-16-9-7-15(26-2)8-10-16/h3-10,12H,11H2,1-2H3,(H,23,25)/t12-/m0/s1. The summed E-state index contributed by atoms with van der Waals surface area (Å²) in [6.45, 7) is 1.38. The molecule has 9 heteroatoms. The Labute approximate surface area is 164 Å². The molecule has 150 valence electrons. The highest BCUT2D eigenvalue weighted by molar-refractivity contribution is 8.00. The van der Waals surface area contributed by atoms with Gasteiger partial charge in [0.2, 0.25) is 0 Å². The highest BCUT2D eigenvalue weighted by atomic mass is 32.2. The average molecular weight is 413 g/mol. The van der Waals surface area contributed by atoms with Gasteiger partial charge in [-0.3, -0.25) is 9.59 Å². The van der Waals surface area contributed by atoms with Crippen LogP contribution in [-0.4, -0.2) is 30.8 Å². The molecule has 2 aromatic carbocycles. The number of methoxy groups -OCH3 is 1. The summed E-state index contributed by atoms with van der Waals surface area (Å²) < 4.78 is 47.7. The molecule has 0 fully saturated rings. The second-order valence-electron chi connectivity index (χ2n) is 5.66. The summed E-state index contributed by atoms with van der Waals surface area (Å²) in [5.74, 6) is -0.525. The van der Waals surface area contributed by atoms with Crippen LogP contribution in [0.3, 0.4) is 0 Å². The summed E-state index contributed by atoms with van der Waals surface area (Å²) in [7, 11) is 1.55. The van der Waals surface area contributed by atoms with E-state index < -0.39 is 29.7 Å². The monoisotopic (exact) mass is 413 g/mol. The van der Waals surface area contributed by atoms with Crippen molar-refractivity contribution in [1.82, 2.24) is 0 Å². The maximum atomic E-state index is 12.5. The van der Waals surface area contributed by atoms with E-state index in [-0.39, 0.29) is 11.4 Å². The van der Waals surface area contributed by atoms with Crippen molar-refractivity contribution in [2.24, 2.45) is 0 Å². The highest BCUT2D eigenvalue weighted by Crippen LogP contribution is 2.29. The minimum Gasteiger partial charge on any atom is -0.497 e. The van der Waals surface area contributed by atoms with Gasteiger partial charge in [-0.15, -0.1) is 11.8 Å². The fourth-order valence-corrected chi connectivity index (χ4v) is 2.77. The fraction of sp³-hybridized carbons (Fsp3) is 0.263. The van der Waals surface area contributed by atoms with E-state index in [0.29, 0.717) is 5.75 Å². The lowest BCUT2D eigenvalue weighted by molar-refractivity contribution is -0.150. The topological polar surface area (TPSA) is 64.6 Å². The van der Waals surface area contributed by atoms with Crippen LogP contribution in [0.15, 0.2) is 53.4 Å². The number of carbonyl (C=O) groups excluding carboxylic acids is 2. The molecule has 0 aromatic heterocycles. The van der Waals surface area contributed by atoms with Crippen molar-refractivity contribution in [3.8, 4) is 5.75 Å². The van der Waals surface area contributed by atoms with Crippen molar-refractivity contribution in [2.75, 3.05) is 18.2 Å². The number of amides is 1. The van der Waals surface area contributed by atoms with Crippen LogP contribution in [0, 0.1) is 0 Å². The Morgan fingerprint density at radius 1 is 1.07 bits per heavy atom. The van der Waals surface area contributed by atoms with E-state index in [1.807, 2.05) is 0 Å². The number of halogens is 3. The third kappa shape index (κ3) is 6.49. The number of benzene rings is 2. The molecule has 0 bridgehead atoms. The number of alkyl halides is 3. The number of rotatable bonds is 7. The van der Waals surface area contributed by atoms with Gasteiger partial charge in [-0.2, -0.15) is 13.2 Å². The SMILES string of the molecule is COc1ccc(SCC(=O)O[C@@H](C)C(=O)Nc2ccc(C(F)(F)F)cc2)cc1. The maximum absolute atomic E-state index is 12.5. The van der Waals surface area contributed by atoms with Gasteiger partial charge >= 0.3 is 12.1 Å². The smallest absolute Gasteiger partial charge is 0.416 e. The zero-order chi connectivity index (χ0) is 20.7. The second kappa shape index (κ2) is 9.50. The number of ether oxygens (including phenoxy) is 2. The predicted molar refractivity (Wildman–Crippen MR) is 99.3 cm³/mol. The van der Waals surface area contributed by atoms with Crippen molar-refractivity contribution in [2.45, 2.75) is 24.1 Å². The first kappa shape index (κ1) is 21.6. The number of thioether (sulfide) groups is 1. The van der Waals surface area contributed by atoms with Gasteiger partial charge in [0.1, 0.15) is 5.75 Å². The van der Waals surface area contributed by atoms with Crippen LogP contribution in [0.1, 0.15) is 12.5 Å². The number of anilines is 1. The molecular formula is C19H18F3NO4S. The molecule has 0 saturated heterocycles. The van der Waals surface area contributed by atoms with Crippen LogP contribution in [-0.2, 0) is 20.5 Å². The third-order valence-corrected chi connectivity index (χ3v) is 4.56. The Hall–Kier alpha value is -2.68. The zero-order valence-electron chi connectivity index (χ0n) is 15.1. The molecule has 0 radical (unpaired) electrons. The molecule has 1 N–H and O–H groups in total. The Balaban J connectivity index is 1.81. The van der Waals surface area contributed by atoms with Crippen LogP contribution in [0.2, 0.25) is 0 Å². The fourth-order valence-electron chi connectivity index (χ4n) is 2.09. The molecule has 0 unspecified atom stereocenters. The molecule has 28 heavy (non-hydrogen) atoms. The van der Waals surface area contributed by atoms with Gasteiger partial charge in [0, 0.05) is 10.6 Å². The van der Waals surface area contributed by atoms with Gasteiger partial charge in [0.25, 0.3) is 5.91 Å². The van der Waals surface area contributed by atoms with Crippen LogP contribution in [0.4, 0.5) is 18.9 Å². The zero-order valence-corrected chi connectivity index (χ0v) is 15.9. The summed E-state index contributed by atoms with van der Waals surface area (Å²) in [4.78, 5) is 24.8. The van der Waals surface area contributed by atoms with E-state index in [1.165, 1.54) is 18.7 Å². The minimum atomic E-state index is -4.45. The molecule has 1 atom stereocenters. The van der Waals surface area contributed by atoms with E-state index >= 15 is 0 Å². The first-order chi connectivity index (χ1) is 13.2. The van der Waals surface area contributed by atoms with E-state index in [2.05, 4.69) is 5.32 Å². The van der Waals surface area contributed by atoms with E-state index in [9.17, 15) is 22.8 Å².